The van der Waals surface area contributed by atoms with E-state index in [4.69, 9.17) is 11.6 Å². The molecule has 1 heterocycles. The molecule has 2 aromatic rings. The highest BCUT2D eigenvalue weighted by Crippen LogP contribution is 2.29. The third kappa shape index (κ3) is 5.31. The van der Waals surface area contributed by atoms with Crippen molar-refractivity contribution in [3.05, 3.63) is 57.2 Å². The van der Waals surface area contributed by atoms with Crippen LogP contribution in [0.4, 0.5) is 0 Å². The van der Waals surface area contributed by atoms with Crippen LogP contribution < -0.4 is 10.6 Å². The molecular weight excluding hydrogens is 356 g/mol. The molecule has 0 saturated heterocycles. The van der Waals surface area contributed by atoms with Crippen molar-refractivity contribution in [2.24, 2.45) is 5.92 Å². The zero-order valence-electron chi connectivity index (χ0n) is 13.8. The fourth-order valence-corrected chi connectivity index (χ4v) is 3.54. The summed E-state index contributed by atoms with van der Waals surface area (Å²) in [5.74, 6) is 0.314. The van der Waals surface area contributed by atoms with E-state index in [0.29, 0.717) is 24.4 Å². The molecule has 4 nitrogen and oxygen atoms in total. The summed E-state index contributed by atoms with van der Waals surface area (Å²) in [5.41, 5.74) is 1.00. The van der Waals surface area contributed by atoms with Crippen molar-refractivity contribution in [1.82, 2.24) is 10.6 Å². The number of amides is 2. The summed E-state index contributed by atoms with van der Waals surface area (Å²) < 4.78 is 0. The molecule has 1 atom stereocenters. The molecule has 3 rings (SSSR count). The zero-order valence-corrected chi connectivity index (χ0v) is 15.4. The summed E-state index contributed by atoms with van der Waals surface area (Å²) in [6, 6.07) is 11.3. The molecule has 1 aliphatic carbocycles. The van der Waals surface area contributed by atoms with E-state index < -0.39 is 0 Å². The van der Waals surface area contributed by atoms with Crippen molar-refractivity contribution < 1.29 is 9.59 Å². The van der Waals surface area contributed by atoms with Gasteiger partial charge in [0.05, 0.1) is 6.04 Å². The molecule has 0 radical (unpaired) electrons. The number of thiophene rings is 1. The third-order valence-electron chi connectivity index (χ3n) is 4.16. The van der Waals surface area contributed by atoms with Gasteiger partial charge in [-0.15, -0.1) is 11.3 Å². The van der Waals surface area contributed by atoms with Crippen LogP contribution in [0.1, 0.15) is 42.2 Å². The number of hydrogen-bond acceptors (Lipinski definition) is 3. The Hall–Kier alpha value is -1.85. The number of rotatable bonds is 8. The van der Waals surface area contributed by atoms with E-state index in [1.807, 2.05) is 41.8 Å². The van der Waals surface area contributed by atoms with Crippen LogP contribution in [0.2, 0.25) is 5.02 Å². The van der Waals surface area contributed by atoms with Gasteiger partial charge in [-0.2, -0.15) is 0 Å². The summed E-state index contributed by atoms with van der Waals surface area (Å²) in [5, 5.41) is 8.65. The van der Waals surface area contributed by atoms with Gasteiger partial charge in [0.1, 0.15) is 0 Å². The van der Waals surface area contributed by atoms with Gasteiger partial charge in [-0.25, -0.2) is 0 Å². The van der Waals surface area contributed by atoms with E-state index in [1.54, 1.807) is 11.3 Å². The van der Waals surface area contributed by atoms with E-state index in [2.05, 4.69) is 10.6 Å². The fraction of sp³-hybridized carbons (Fsp3) is 0.368. The van der Waals surface area contributed by atoms with Gasteiger partial charge >= 0.3 is 0 Å². The van der Waals surface area contributed by atoms with Crippen molar-refractivity contribution in [3.8, 4) is 0 Å². The molecule has 0 unspecified atom stereocenters. The van der Waals surface area contributed by atoms with Crippen LogP contribution in [0.15, 0.2) is 41.8 Å². The van der Waals surface area contributed by atoms with Gasteiger partial charge in [-0.3, -0.25) is 9.59 Å². The first-order chi connectivity index (χ1) is 12.1. The Bertz CT molecular complexity index is 712. The molecule has 132 valence electrons. The quantitative estimate of drug-likeness (QED) is 0.686. The first kappa shape index (κ1) is 18.0. The van der Waals surface area contributed by atoms with Crippen molar-refractivity contribution in [2.75, 3.05) is 6.54 Å². The molecule has 1 aromatic heterocycles. The minimum absolute atomic E-state index is 0.0194. The molecule has 6 heteroatoms. The lowest BCUT2D eigenvalue weighted by molar-refractivity contribution is -0.123. The molecule has 1 saturated carbocycles. The van der Waals surface area contributed by atoms with Crippen LogP contribution in [0.3, 0.4) is 0 Å². The van der Waals surface area contributed by atoms with Crippen LogP contribution in [0.25, 0.3) is 0 Å². The van der Waals surface area contributed by atoms with Crippen molar-refractivity contribution >= 4 is 34.8 Å². The first-order valence-electron chi connectivity index (χ1n) is 8.49. The minimum atomic E-state index is -0.175. The van der Waals surface area contributed by atoms with Crippen molar-refractivity contribution in [2.45, 2.75) is 31.7 Å². The third-order valence-corrected chi connectivity index (χ3v) is 5.35. The standard InChI is InChI=1S/C19H21ClN2O2S/c20-15-9-7-13(8-10-15)18(16-3-2-12-25-16)22-17(23)4-1-11-21-19(24)14-5-6-14/h2-3,7-10,12,14,18H,1,4-6,11H2,(H,21,24)(H,22,23)/t18-/m1/s1. The number of carbonyl (C=O) groups excluding carboxylic acids is 2. The van der Waals surface area contributed by atoms with E-state index >= 15 is 0 Å². The summed E-state index contributed by atoms with van der Waals surface area (Å²) in [4.78, 5) is 25.0. The second-order valence-electron chi connectivity index (χ2n) is 6.24. The number of halogens is 1. The lowest BCUT2D eigenvalue weighted by Gasteiger charge is -2.18. The lowest BCUT2D eigenvalue weighted by Crippen LogP contribution is -2.30. The molecule has 25 heavy (non-hydrogen) atoms. The molecule has 0 bridgehead atoms. The maximum absolute atomic E-state index is 12.3. The molecule has 0 aliphatic heterocycles. The number of hydrogen-bond donors (Lipinski definition) is 2. The Morgan fingerprint density at radius 3 is 2.60 bits per heavy atom. The van der Waals surface area contributed by atoms with Gasteiger partial charge in [-0.05, 0) is 48.4 Å². The highest BCUT2D eigenvalue weighted by atomic mass is 35.5. The topological polar surface area (TPSA) is 58.2 Å². The Morgan fingerprint density at radius 1 is 1.20 bits per heavy atom. The molecule has 1 fully saturated rings. The highest BCUT2D eigenvalue weighted by molar-refractivity contribution is 7.10. The Balaban J connectivity index is 1.53. The number of nitrogens with one attached hydrogen (secondary N) is 2. The van der Waals surface area contributed by atoms with Crippen LogP contribution in [-0.2, 0) is 9.59 Å². The average Bonchev–Trinajstić information content (AvgIpc) is 3.33. The van der Waals surface area contributed by atoms with Gasteiger partial charge in [-0.1, -0.05) is 29.8 Å². The Kier molecular flexibility index (Phi) is 6.10. The van der Waals surface area contributed by atoms with E-state index in [0.717, 1.165) is 23.3 Å². The van der Waals surface area contributed by atoms with Gasteiger partial charge < -0.3 is 10.6 Å². The van der Waals surface area contributed by atoms with Crippen molar-refractivity contribution in [1.29, 1.82) is 0 Å². The lowest BCUT2D eigenvalue weighted by atomic mass is 10.1. The molecule has 1 aliphatic rings. The van der Waals surface area contributed by atoms with Gasteiger partial charge in [0.25, 0.3) is 0 Å². The van der Waals surface area contributed by atoms with Gasteiger partial charge in [0, 0.05) is 28.8 Å². The molecule has 0 spiro atoms. The SMILES string of the molecule is O=C(CCCNC(=O)C1CC1)N[C@H](c1ccc(Cl)cc1)c1cccs1. The van der Waals surface area contributed by atoms with Gasteiger partial charge in [0.2, 0.25) is 11.8 Å². The van der Waals surface area contributed by atoms with Crippen LogP contribution in [0.5, 0.6) is 0 Å². The average molecular weight is 377 g/mol. The summed E-state index contributed by atoms with van der Waals surface area (Å²) in [6.07, 6.45) is 3.02. The van der Waals surface area contributed by atoms with Crippen LogP contribution >= 0.6 is 22.9 Å². The highest BCUT2D eigenvalue weighted by Gasteiger charge is 2.29. The van der Waals surface area contributed by atoms with Crippen LogP contribution in [0, 0.1) is 5.92 Å². The number of benzene rings is 1. The van der Waals surface area contributed by atoms with Crippen LogP contribution in [-0.4, -0.2) is 18.4 Å². The summed E-state index contributed by atoms with van der Waals surface area (Å²) in [7, 11) is 0. The van der Waals surface area contributed by atoms with Gasteiger partial charge in [0.15, 0.2) is 0 Å². The van der Waals surface area contributed by atoms with E-state index in [1.165, 1.54) is 0 Å². The normalized spacial score (nSPS) is 14.8. The summed E-state index contributed by atoms with van der Waals surface area (Å²) in [6.45, 7) is 0.549. The predicted octanol–water partition coefficient (Wildman–Crippen LogP) is 3.91. The largest absolute Gasteiger partial charge is 0.356 e. The first-order valence-corrected chi connectivity index (χ1v) is 9.75. The zero-order chi connectivity index (χ0) is 17.6. The maximum atomic E-state index is 12.3. The Morgan fingerprint density at radius 2 is 1.96 bits per heavy atom. The second kappa shape index (κ2) is 8.50. The molecule has 2 N–H and O–H groups in total. The second-order valence-corrected chi connectivity index (χ2v) is 7.65. The predicted molar refractivity (Wildman–Crippen MR) is 101 cm³/mol. The van der Waals surface area contributed by atoms with E-state index in [-0.39, 0.29) is 23.8 Å². The van der Waals surface area contributed by atoms with E-state index in [9.17, 15) is 9.59 Å². The monoisotopic (exact) mass is 376 g/mol. The minimum Gasteiger partial charge on any atom is -0.356 e. The Labute approximate surface area is 156 Å². The molecular formula is C19H21ClN2O2S. The fourth-order valence-electron chi connectivity index (χ4n) is 2.61. The smallest absolute Gasteiger partial charge is 0.223 e. The molecule has 2 amide bonds. The summed E-state index contributed by atoms with van der Waals surface area (Å²) >= 11 is 7.57. The number of carbonyl (C=O) groups is 2. The van der Waals surface area contributed by atoms with Crippen molar-refractivity contribution in [3.63, 3.8) is 0 Å². The molecule has 1 aromatic carbocycles. The maximum Gasteiger partial charge on any atom is 0.223 e.